The van der Waals surface area contributed by atoms with Gasteiger partial charge in [-0.1, -0.05) is 11.6 Å². The van der Waals surface area contributed by atoms with Crippen LogP contribution in [-0.2, 0) is 0 Å². The zero-order valence-electron chi connectivity index (χ0n) is 13.0. The smallest absolute Gasteiger partial charge is 0.508 e. The first kappa shape index (κ1) is 18.3. The van der Waals surface area contributed by atoms with Crippen molar-refractivity contribution in [3.05, 3.63) is 45.1 Å². The molecule has 2 heterocycles. The summed E-state index contributed by atoms with van der Waals surface area (Å²) < 4.78 is 42.2. The summed E-state index contributed by atoms with van der Waals surface area (Å²) in [6, 6.07) is 6.74. The molecule has 1 aliphatic rings. The Bertz CT molecular complexity index is 732. The minimum absolute atomic E-state index is 0.0809. The molecule has 0 spiro atoms. The maximum absolute atomic E-state index is 12.5. The van der Waals surface area contributed by atoms with Crippen LogP contribution in [-0.4, -0.2) is 42.5 Å². The van der Waals surface area contributed by atoms with Gasteiger partial charge in [-0.3, -0.25) is 4.90 Å². The number of hydrogen-bond donors (Lipinski definition) is 2. The fourth-order valence-corrected chi connectivity index (χ4v) is 4.11. The van der Waals surface area contributed by atoms with E-state index >= 15 is 0 Å². The molecule has 0 radical (unpaired) electrons. The average Bonchev–Trinajstić information content (AvgIpc) is 2.96. The van der Waals surface area contributed by atoms with Gasteiger partial charge in [0, 0.05) is 36.6 Å². The van der Waals surface area contributed by atoms with Crippen molar-refractivity contribution in [2.45, 2.75) is 12.4 Å². The molecule has 1 atom stereocenters. The number of nitrogens with one attached hydrogen (secondary N) is 1. The van der Waals surface area contributed by atoms with Crippen molar-refractivity contribution in [2.75, 3.05) is 26.2 Å². The summed E-state index contributed by atoms with van der Waals surface area (Å²) >= 11 is 7.38. The average molecular weight is 393 g/mol. The van der Waals surface area contributed by atoms with Crippen molar-refractivity contribution in [3.8, 4) is 11.5 Å². The Morgan fingerprint density at radius 2 is 1.92 bits per heavy atom. The normalized spacial score (nSPS) is 17.4. The molecule has 1 aromatic carbocycles. The van der Waals surface area contributed by atoms with Gasteiger partial charge in [0.1, 0.15) is 11.5 Å². The molecule has 0 unspecified atom stereocenters. The van der Waals surface area contributed by atoms with Crippen molar-refractivity contribution >= 4 is 22.9 Å². The first-order chi connectivity index (χ1) is 11.8. The standard InChI is InChI=1S/C16H16ClF3N2O2S/c17-14-4-3-13(25-14)15(22-7-5-21-6-8-22)11-9-10(1-2-12(11)23)24-16(18,19)20/h1-4,9,15,21,23H,5-8H2/t15-/m0/s1. The number of alkyl halides is 3. The van der Waals surface area contributed by atoms with Crippen LogP contribution in [0.4, 0.5) is 13.2 Å². The van der Waals surface area contributed by atoms with Crippen LogP contribution < -0.4 is 10.1 Å². The van der Waals surface area contributed by atoms with E-state index in [9.17, 15) is 18.3 Å². The number of phenols is 1. The van der Waals surface area contributed by atoms with Gasteiger partial charge >= 0.3 is 6.36 Å². The van der Waals surface area contributed by atoms with E-state index in [0.717, 1.165) is 24.0 Å². The summed E-state index contributed by atoms with van der Waals surface area (Å²) in [5, 5.41) is 13.5. The van der Waals surface area contributed by atoms with E-state index in [-0.39, 0.29) is 11.5 Å². The number of ether oxygens (including phenoxy) is 1. The maximum atomic E-state index is 12.5. The first-order valence-corrected chi connectivity index (χ1v) is 8.81. The lowest BCUT2D eigenvalue weighted by molar-refractivity contribution is -0.274. The molecule has 4 nitrogen and oxygen atoms in total. The summed E-state index contributed by atoms with van der Waals surface area (Å²) in [5.41, 5.74) is 0.363. The second-order valence-corrected chi connectivity index (χ2v) is 7.35. The number of thiophene rings is 1. The summed E-state index contributed by atoms with van der Waals surface area (Å²) in [6.07, 6.45) is -4.79. The zero-order chi connectivity index (χ0) is 18.0. The lowest BCUT2D eigenvalue weighted by Gasteiger charge is -2.35. The van der Waals surface area contributed by atoms with Crippen molar-refractivity contribution in [2.24, 2.45) is 0 Å². The fourth-order valence-electron chi connectivity index (χ4n) is 2.89. The molecule has 0 saturated carbocycles. The van der Waals surface area contributed by atoms with Gasteiger partial charge in [0.15, 0.2) is 0 Å². The minimum Gasteiger partial charge on any atom is -0.508 e. The molecule has 2 aromatic rings. The van der Waals surface area contributed by atoms with Crippen LogP contribution in [0.2, 0.25) is 4.34 Å². The molecule has 0 amide bonds. The van der Waals surface area contributed by atoms with E-state index in [0.29, 0.717) is 23.0 Å². The Balaban J connectivity index is 2.01. The molecular formula is C16H16ClF3N2O2S. The summed E-state index contributed by atoms with van der Waals surface area (Å²) in [6.45, 7) is 2.91. The highest BCUT2D eigenvalue weighted by Gasteiger charge is 2.33. The van der Waals surface area contributed by atoms with E-state index in [1.807, 2.05) is 6.07 Å². The Hall–Kier alpha value is -1.48. The van der Waals surface area contributed by atoms with Crippen molar-refractivity contribution < 1.29 is 23.0 Å². The van der Waals surface area contributed by atoms with Gasteiger partial charge in [-0.05, 0) is 30.3 Å². The molecule has 3 rings (SSSR count). The van der Waals surface area contributed by atoms with Crippen LogP contribution in [0.3, 0.4) is 0 Å². The molecule has 9 heteroatoms. The van der Waals surface area contributed by atoms with Crippen LogP contribution in [0.1, 0.15) is 16.5 Å². The molecule has 25 heavy (non-hydrogen) atoms. The highest BCUT2D eigenvalue weighted by molar-refractivity contribution is 7.16. The summed E-state index contributed by atoms with van der Waals surface area (Å²) in [5.74, 6) is -0.439. The van der Waals surface area contributed by atoms with Gasteiger partial charge in [-0.25, -0.2) is 0 Å². The molecular weight excluding hydrogens is 377 g/mol. The van der Waals surface area contributed by atoms with Crippen molar-refractivity contribution in [1.29, 1.82) is 0 Å². The van der Waals surface area contributed by atoms with Gasteiger partial charge in [0.05, 0.1) is 10.4 Å². The number of piperazine rings is 1. The highest BCUT2D eigenvalue weighted by Crippen LogP contribution is 2.40. The molecule has 1 aromatic heterocycles. The number of aromatic hydroxyl groups is 1. The van der Waals surface area contributed by atoms with Crippen LogP contribution in [0, 0.1) is 0 Å². The monoisotopic (exact) mass is 392 g/mol. The largest absolute Gasteiger partial charge is 0.573 e. The minimum atomic E-state index is -4.79. The van der Waals surface area contributed by atoms with E-state index in [1.165, 1.54) is 23.5 Å². The highest BCUT2D eigenvalue weighted by atomic mass is 35.5. The number of rotatable bonds is 4. The van der Waals surface area contributed by atoms with Gasteiger partial charge in [-0.2, -0.15) is 0 Å². The van der Waals surface area contributed by atoms with Crippen molar-refractivity contribution in [3.63, 3.8) is 0 Å². The van der Waals surface area contributed by atoms with Gasteiger partial charge in [0.2, 0.25) is 0 Å². The fraction of sp³-hybridized carbons (Fsp3) is 0.375. The number of halogens is 4. The van der Waals surface area contributed by atoms with E-state index < -0.39 is 12.4 Å². The molecule has 136 valence electrons. The predicted octanol–water partition coefficient (Wildman–Crippen LogP) is 4.00. The number of benzene rings is 1. The van der Waals surface area contributed by atoms with Crippen LogP contribution in [0.15, 0.2) is 30.3 Å². The topological polar surface area (TPSA) is 44.7 Å². The van der Waals surface area contributed by atoms with Gasteiger partial charge in [-0.15, -0.1) is 24.5 Å². The Kier molecular flexibility index (Phi) is 5.43. The Morgan fingerprint density at radius 3 is 2.52 bits per heavy atom. The lowest BCUT2D eigenvalue weighted by Crippen LogP contribution is -2.45. The van der Waals surface area contributed by atoms with Crippen LogP contribution in [0.5, 0.6) is 11.5 Å². The van der Waals surface area contributed by atoms with Crippen molar-refractivity contribution in [1.82, 2.24) is 10.2 Å². The number of nitrogens with zero attached hydrogens (tertiary/aromatic N) is 1. The lowest BCUT2D eigenvalue weighted by atomic mass is 10.0. The maximum Gasteiger partial charge on any atom is 0.573 e. The number of hydrogen-bond acceptors (Lipinski definition) is 5. The molecule has 1 aliphatic heterocycles. The molecule has 0 aliphatic carbocycles. The molecule has 1 fully saturated rings. The Morgan fingerprint density at radius 1 is 1.20 bits per heavy atom. The van der Waals surface area contributed by atoms with Crippen LogP contribution >= 0.6 is 22.9 Å². The third-order valence-electron chi connectivity index (χ3n) is 3.91. The Labute approximate surface area is 151 Å². The number of phenolic OH excluding ortho intramolecular Hbond substituents is 1. The van der Waals surface area contributed by atoms with E-state index in [1.54, 1.807) is 6.07 Å². The zero-order valence-corrected chi connectivity index (χ0v) is 14.6. The molecule has 1 saturated heterocycles. The van der Waals surface area contributed by atoms with E-state index in [2.05, 4.69) is 15.0 Å². The van der Waals surface area contributed by atoms with Crippen LogP contribution in [0.25, 0.3) is 0 Å². The van der Waals surface area contributed by atoms with Gasteiger partial charge in [0.25, 0.3) is 0 Å². The molecule has 0 bridgehead atoms. The predicted molar refractivity (Wildman–Crippen MR) is 90.4 cm³/mol. The quantitative estimate of drug-likeness (QED) is 0.825. The van der Waals surface area contributed by atoms with E-state index in [4.69, 9.17) is 11.6 Å². The second kappa shape index (κ2) is 7.41. The summed E-state index contributed by atoms with van der Waals surface area (Å²) in [4.78, 5) is 2.96. The third-order valence-corrected chi connectivity index (χ3v) is 5.19. The van der Waals surface area contributed by atoms with Gasteiger partial charge < -0.3 is 15.2 Å². The second-order valence-electron chi connectivity index (χ2n) is 5.60. The third kappa shape index (κ3) is 4.58. The first-order valence-electron chi connectivity index (χ1n) is 7.62. The molecule has 2 N–H and O–H groups in total. The SMILES string of the molecule is Oc1ccc(OC(F)(F)F)cc1[C@@H](c1ccc(Cl)s1)N1CCNCC1. The summed E-state index contributed by atoms with van der Waals surface area (Å²) in [7, 11) is 0.